The summed E-state index contributed by atoms with van der Waals surface area (Å²) >= 11 is 0. The summed E-state index contributed by atoms with van der Waals surface area (Å²) in [4.78, 5) is 37.4. The van der Waals surface area contributed by atoms with Crippen molar-refractivity contribution in [3.05, 3.63) is 114 Å². The fraction of sp³-hybridized carbons (Fsp3) is 0.107. The smallest absolute Gasteiger partial charge is 0.323 e. The number of carbonyl (C=O) groups is 3. The van der Waals surface area contributed by atoms with Crippen LogP contribution in [0.4, 0.5) is 21.9 Å². The lowest BCUT2D eigenvalue weighted by atomic mass is 10.1. The Labute approximate surface area is 208 Å². The molecule has 182 valence electrons. The second-order valence-corrected chi connectivity index (χ2v) is 8.22. The van der Waals surface area contributed by atoms with Crippen molar-refractivity contribution in [2.24, 2.45) is 0 Å². The minimum absolute atomic E-state index is 0.188. The second-order valence-electron chi connectivity index (χ2n) is 8.22. The van der Waals surface area contributed by atoms with Crippen LogP contribution in [0.15, 0.2) is 95.6 Å². The molecule has 0 bridgehead atoms. The maximum absolute atomic E-state index is 12.9. The number of furan rings is 1. The lowest BCUT2D eigenvalue weighted by Crippen LogP contribution is -2.27. The van der Waals surface area contributed by atoms with Gasteiger partial charge in [0.05, 0.1) is 12.3 Å². The third-order valence-corrected chi connectivity index (χ3v) is 5.54. The minimum Gasteiger partial charge on any atom is -0.459 e. The van der Waals surface area contributed by atoms with Gasteiger partial charge in [-0.3, -0.25) is 9.59 Å². The Bertz CT molecular complexity index is 1350. The molecule has 0 fully saturated rings. The van der Waals surface area contributed by atoms with Gasteiger partial charge in [-0.2, -0.15) is 0 Å². The van der Waals surface area contributed by atoms with Crippen LogP contribution >= 0.6 is 0 Å². The number of rotatable bonds is 7. The third-order valence-electron chi connectivity index (χ3n) is 5.54. The van der Waals surface area contributed by atoms with Gasteiger partial charge in [0, 0.05) is 22.6 Å². The monoisotopic (exact) mass is 482 g/mol. The number of hydrogen-bond donors (Lipinski definition) is 4. The highest BCUT2D eigenvalue weighted by Gasteiger charge is 2.15. The van der Waals surface area contributed by atoms with Crippen molar-refractivity contribution >= 4 is 34.9 Å². The first kappa shape index (κ1) is 24.3. The van der Waals surface area contributed by atoms with Gasteiger partial charge in [-0.1, -0.05) is 36.4 Å². The standard InChI is InChI=1S/C28H26N4O4/c1-18-10-11-21(17-24(18)32-27(34)25-9-6-16-36-25)26(33)29-19(2)20-12-14-23(15-13-20)31-28(35)30-22-7-4-3-5-8-22/h3-17,19H,1-2H3,(H,29,33)(H,32,34)(H2,30,31,35). The van der Waals surface area contributed by atoms with Gasteiger partial charge in [-0.05, 0) is 73.5 Å². The van der Waals surface area contributed by atoms with E-state index in [0.29, 0.717) is 22.6 Å². The molecule has 4 N–H and O–H groups in total. The third kappa shape index (κ3) is 6.18. The van der Waals surface area contributed by atoms with Crippen LogP contribution in [-0.4, -0.2) is 17.8 Å². The highest BCUT2D eigenvalue weighted by molar-refractivity contribution is 6.04. The number of benzene rings is 3. The molecule has 0 aliphatic rings. The summed E-state index contributed by atoms with van der Waals surface area (Å²) < 4.78 is 5.12. The Morgan fingerprint density at radius 2 is 1.44 bits per heavy atom. The van der Waals surface area contributed by atoms with E-state index in [1.165, 1.54) is 6.26 Å². The number of aryl methyl sites for hydroxylation is 1. The Hall–Kier alpha value is -4.85. The Kier molecular flexibility index (Phi) is 7.45. The van der Waals surface area contributed by atoms with Crippen LogP contribution < -0.4 is 21.3 Å². The van der Waals surface area contributed by atoms with Crippen LogP contribution in [0.25, 0.3) is 0 Å². The van der Waals surface area contributed by atoms with Crippen LogP contribution in [0.5, 0.6) is 0 Å². The van der Waals surface area contributed by atoms with E-state index in [1.807, 2.05) is 44.2 Å². The normalized spacial score (nSPS) is 11.3. The Morgan fingerprint density at radius 3 is 2.11 bits per heavy atom. The molecule has 1 heterocycles. The molecule has 36 heavy (non-hydrogen) atoms. The zero-order valence-electron chi connectivity index (χ0n) is 19.9. The Morgan fingerprint density at radius 1 is 0.750 bits per heavy atom. The van der Waals surface area contributed by atoms with Crippen molar-refractivity contribution in [1.29, 1.82) is 0 Å². The summed E-state index contributed by atoms with van der Waals surface area (Å²) in [6.07, 6.45) is 1.43. The molecule has 0 saturated carbocycles. The largest absolute Gasteiger partial charge is 0.459 e. The summed E-state index contributed by atoms with van der Waals surface area (Å²) in [6, 6.07) is 24.1. The van der Waals surface area contributed by atoms with Gasteiger partial charge in [0.2, 0.25) is 0 Å². The molecule has 0 aliphatic heterocycles. The molecule has 8 nitrogen and oxygen atoms in total. The van der Waals surface area contributed by atoms with E-state index in [9.17, 15) is 14.4 Å². The number of carbonyl (C=O) groups excluding carboxylic acids is 3. The first-order chi connectivity index (χ1) is 17.4. The highest BCUT2D eigenvalue weighted by Crippen LogP contribution is 2.21. The summed E-state index contributed by atoms with van der Waals surface area (Å²) in [5.74, 6) is -0.478. The number of para-hydroxylation sites is 1. The summed E-state index contributed by atoms with van der Waals surface area (Å²) in [5.41, 5.74) is 3.96. The number of amides is 4. The van der Waals surface area contributed by atoms with Gasteiger partial charge in [0.1, 0.15) is 0 Å². The fourth-order valence-electron chi connectivity index (χ4n) is 3.52. The molecule has 1 aromatic heterocycles. The SMILES string of the molecule is Cc1ccc(C(=O)NC(C)c2ccc(NC(=O)Nc3ccccc3)cc2)cc1NC(=O)c1ccco1. The molecule has 0 radical (unpaired) electrons. The van der Waals surface area contributed by atoms with Crippen molar-refractivity contribution < 1.29 is 18.8 Å². The van der Waals surface area contributed by atoms with E-state index >= 15 is 0 Å². The van der Waals surface area contributed by atoms with Crippen LogP contribution in [0.2, 0.25) is 0 Å². The molecular formula is C28H26N4O4. The predicted octanol–water partition coefficient (Wildman–Crippen LogP) is 5.98. The molecule has 1 atom stereocenters. The molecule has 3 aromatic carbocycles. The van der Waals surface area contributed by atoms with E-state index in [2.05, 4.69) is 21.3 Å². The zero-order valence-corrected chi connectivity index (χ0v) is 19.9. The summed E-state index contributed by atoms with van der Waals surface area (Å²) in [6.45, 7) is 3.72. The lowest BCUT2D eigenvalue weighted by Gasteiger charge is -2.16. The van der Waals surface area contributed by atoms with Gasteiger partial charge in [-0.15, -0.1) is 0 Å². The van der Waals surface area contributed by atoms with Crippen LogP contribution in [0, 0.1) is 6.92 Å². The molecule has 0 aliphatic carbocycles. The maximum Gasteiger partial charge on any atom is 0.323 e. The topological polar surface area (TPSA) is 112 Å². The number of nitrogens with one attached hydrogen (secondary N) is 4. The van der Waals surface area contributed by atoms with E-state index < -0.39 is 0 Å². The molecule has 0 spiro atoms. The summed E-state index contributed by atoms with van der Waals surface area (Å²) in [7, 11) is 0. The average molecular weight is 483 g/mol. The van der Waals surface area contributed by atoms with E-state index in [1.54, 1.807) is 54.6 Å². The average Bonchev–Trinajstić information content (AvgIpc) is 3.41. The first-order valence-corrected chi connectivity index (χ1v) is 11.4. The number of urea groups is 1. The van der Waals surface area contributed by atoms with Crippen molar-refractivity contribution in [1.82, 2.24) is 5.32 Å². The van der Waals surface area contributed by atoms with Crippen molar-refractivity contribution in [3.63, 3.8) is 0 Å². The zero-order chi connectivity index (χ0) is 25.5. The van der Waals surface area contributed by atoms with Crippen LogP contribution in [0.1, 0.15) is 45.0 Å². The van der Waals surface area contributed by atoms with Crippen LogP contribution in [-0.2, 0) is 0 Å². The highest BCUT2D eigenvalue weighted by atomic mass is 16.3. The van der Waals surface area contributed by atoms with E-state index in [-0.39, 0.29) is 29.6 Å². The first-order valence-electron chi connectivity index (χ1n) is 11.4. The van der Waals surface area contributed by atoms with E-state index in [4.69, 9.17) is 4.42 Å². The van der Waals surface area contributed by atoms with Crippen molar-refractivity contribution in [3.8, 4) is 0 Å². The van der Waals surface area contributed by atoms with Gasteiger partial charge < -0.3 is 25.7 Å². The lowest BCUT2D eigenvalue weighted by molar-refractivity contribution is 0.0938. The van der Waals surface area contributed by atoms with Gasteiger partial charge in [0.15, 0.2) is 5.76 Å². The fourth-order valence-corrected chi connectivity index (χ4v) is 3.52. The molecule has 4 amide bonds. The van der Waals surface area contributed by atoms with Crippen molar-refractivity contribution in [2.75, 3.05) is 16.0 Å². The van der Waals surface area contributed by atoms with Gasteiger partial charge >= 0.3 is 6.03 Å². The number of anilines is 3. The maximum atomic E-state index is 12.9. The van der Waals surface area contributed by atoms with Crippen LogP contribution in [0.3, 0.4) is 0 Å². The number of hydrogen-bond acceptors (Lipinski definition) is 4. The summed E-state index contributed by atoms with van der Waals surface area (Å²) in [5, 5.41) is 11.3. The molecule has 0 saturated heterocycles. The molecule has 4 rings (SSSR count). The molecule has 1 unspecified atom stereocenters. The van der Waals surface area contributed by atoms with E-state index in [0.717, 1.165) is 11.1 Å². The second kappa shape index (κ2) is 11.1. The molecular weight excluding hydrogens is 456 g/mol. The molecule has 8 heteroatoms. The Balaban J connectivity index is 1.35. The molecule has 4 aromatic rings. The predicted molar refractivity (Wildman–Crippen MR) is 139 cm³/mol. The quantitative estimate of drug-likeness (QED) is 0.260. The minimum atomic E-state index is -0.389. The van der Waals surface area contributed by atoms with Gasteiger partial charge in [-0.25, -0.2) is 4.79 Å². The van der Waals surface area contributed by atoms with Crippen molar-refractivity contribution in [2.45, 2.75) is 19.9 Å². The van der Waals surface area contributed by atoms with Gasteiger partial charge in [0.25, 0.3) is 11.8 Å².